The monoisotopic (exact) mass is 493 g/mol. The van der Waals surface area contributed by atoms with Crippen LogP contribution in [0.1, 0.15) is 39.5 Å². The maximum absolute atomic E-state index is 13.3. The summed E-state index contributed by atoms with van der Waals surface area (Å²) in [6.07, 6.45) is 4.33. The van der Waals surface area contributed by atoms with E-state index in [-0.39, 0.29) is 35.9 Å². The molecule has 1 aromatic rings. The van der Waals surface area contributed by atoms with Gasteiger partial charge in [0, 0.05) is 32.9 Å². The van der Waals surface area contributed by atoms with Crippen molar-refractivity contribution in [3.05, 3.63) is 30.1 Å². The summed E-state index contributed by atoms with van der Waals surface area (Å²) in [7, 11) is 1.77. The summed E-state index contributed by atoms with van der Waals surface area (Å²) < 4.78 is 24.6. The molecule has 2 N–H and O–H groups in total. The Bertz CT molecular complexity index is 582. The van der Waals surface area contributed by atoms with Crippen LogP contribution < -0.4 is 15.4 Å². The van der Waals surface area contributed by atoms with Crippen molar-refractivity contribution in [3.8, 4) is 5.75 Å². The number of nitrogens with zero attached hydrogens (tertiary/aromatic N) is 1. The predicted molar refractivity (Wildman–Crippen MR) is 119 cm³/mol. The molecule has 1 saturated carbocycles. The molecule has 1 aliphatic carbocycles. The van der Waals surface area contributed by atoms with Gasteiger partial charge in [0.05, 0.1) is 6.54 Å². The third kappa shape index (κ3) is 8.64. The van der Waals surface area contributed by atoms with Gasteiger partial charge in [0.25, 0.3) is 0 Å². The maximum Gasteiger partial charge on any atom is 0.191 e. The molecular formula is C20H33FIN3O2. The Kier molecular flexibility index (Phi) is 11.0. The van der Waals surface area contributed by atoms with Gasteiger partial charge >= 0.3 is 0 Å². The van der Waals surface area contributed by atoms with E-state index < -0.39 is 0 Å². The van der Waals surface area contributed by atoms with Crippen LogP contribution in [0.15, 0.2) is 29.3 Å². The van der Waals surface area contributed by atoms with Gasteiger partial charge in [-0.1, -0.05) is 13.0 Å². The third-order valence-electron chi connectivity index (χ3n) is 4.84. The van der Waals surface area contributed by atoms with Crippen LogP contribution in [0.3, 0.4) is 0 Å². The second-order valence-corrected chi connectivity index (χ2v) is 6.86. The van der Waals surface area contributed by atoms with Gasteiger partial charge in [-0.15, -0.1) is 24.0 Å². The highest BCUT2D eigenvalue weighted by Crippen LogP contribution is 2.48. The Morgan fingerprint density at radius 1 is 1.30 bits per heavy atom. The van der Waals surface area contributed by atoms with Gasteiger partial charge < -0.3 is 20.1 Å². The summed E-state index contributed by atoms with van der Waals surface area (Å²) in [4.78, 5) is 4.29. The molecule has 0 bridgehead atoms. The third-order valence-corrected chi connectivity index (χ3v) is 4.84. The number of nitrogens with one attached hydrogen (secondary N) is 2. The number of ether oxygens (including phenoxy) is 2. The average Bonchev–Trinajstić information content (AvgIpc) is 3.41. The normalized spacial score (nSPS) is 16.2. The van der Waals surface area contributed by atoms with Crippen molar-refractivity contribution in [2.75, 3.05) is 33.4 Å². The molecule has 0 saturated heterocycles. The van der Waals surface area contributed by atoms with Crippen LogP contribution in [0.5, 0.6) is 5.75 Å². The SMILES string of the molecule is CCOCCC1(CNC(=NC)NCC(CC)Oc2cccc(F)c2)CC1.I. The average molecular weight is 493 g/mol. The van der Waals surface area contributed by atoms with Crippen LogP contribution in [0.2, 0.25) is 0 Å². The Labute approximate surface area is 179 Å². The van der Waals surface area contributed by atoms with Crippen molar-refractivity contribution in [3.63, 3.8) is 0 Å². The highest BCUT2D eigenvalue weighted by molar-refractivity contribution is 14.0. The summed E-state index contributed by atoms with van der Waals surface area (Å²) in [6, 6.07) is 6.25. The number of rotatable bonds is 11. The van der Waals surface area contributed by atoms with E-state index in [0.717, 1.165) is 38.6 Å². The minimum Gasteiger partial charge on any atom is -0.489 e. The van der Waals surface area contributed by atoms with Crippen molar-refractivity contribution in [2.24, 2.45) is 10.4 Å². The molecular weight excluding hydrogens is 460 g/mol. The molecule has 1 fully saturated rings. The summed E-state index contributed by atoms with van der Waals surface area (Å²) in [5.41, 5.74) is 0.356. The minimum absolute atomic E-state index is 0. The van der Waals surface area contributed by atoms with Crippen LogP contribution in [-0.4, -0.2) is 45.4 Å². The number of halogens is 2. The smallest absolute Gasteiger partial charge is 0.191 e. The molecule has 2 rings (SSSR count). The van der Waals surface area contributed by atoms with E-state index >= 15 is 0 Å². The minimum atomic E-state index is -0.287. The van der Waals surface area contributed by atoms with Crippen LogP contribution in [-0.2, 0) is 4.74 Å². The molecule has 0 spiro atoms. The molecule has 1 aliphatic rings. The molecule has 5 nitrogen and oxygen atoms in total. The lowest BCUT2D eigenvalue weighted by molar-refractivity contribution is 0.128. The van der Waals surface area contributed by atoms with Gasteiger partial charge in [0.15, 0.2) is 5.96 Å². The molecule has 0 radical (unpaired) electrons. The fourth-order valence-corrected chi connectivity index (χ4v) is 2.83. The highest BCUT2D eigenvalue weighted by Gasteiger charge is 2.41. The highest BCUT2D eigenvalue weighted by atomic mass is 127. The van der Waals surface area contributed by atoms with E-state index in [9.17, 15) is 4.39 Å². The van der Waals surface area contributed by atoms with Crippen LogP contribution in [0.25, 0.3) is 0 Å². The fraction of sp³-hybridized carbons (Fsp3) is 0.650. The molecule has 27 heavy (non-hydrogen) atoms. The Morgan fingerprint density at radius 2 is 2.07 bits per heavy atom. The lowest BCUT2D eigenvalue weighted by Crippen LogP contribution is -2.44. The van der Waals surface area contributed by atoms with E-state index in [0.29, 0.717) is 17.7 Å². The van der Waals surface area contributed by atoms with Crippen molar-refractivity contribution < 1.29 is 13.9 Å². The van der Waals surface area contributed by atoms with Crippen LogP contribution in [0.4, 0.5) is 4.39 Å². The molecule has 1 atom stereocenters. The van der Waals surface area contributed by atoms with E-state index in [1.807, 2.05) is 6.92 Å². The van der Waals surface area contributed by atoms with Crippen LogP contribution >= 0.6 is 24.0 Å². The lowest BCUT2D eigenvalue weighted by atomic mass is 10.0. The largest absolute Gasteiger partial charge is 0.489 e. The molecule has 0 aromatic heterocycles. The van der Waals surface area contributed by atoms with Crippen LogP contribution in [0, 0.1) is 11.2 Å². The topological polar surface area (TPSA) is 54.9 Å². The molecule has 0 aliphatic heterocycles. The first-order valence-electron chi connectivity index (χ1n) is 9.55. The lowest BCUT2D eigenvalue weighted by Gasteiger charge is -2.22. The van der Waals surface area contributed by atoms with Gasteiger partial charge in [-0.25, -0.2) is 4.39 Å². The first-order valence-corrected chi connectivity index (χ1v) is 9.55. The van der Waals surface area contributed by atoms with Gasteiger partial charge in [-0.2, -0.15) is 0 Å². The van der Waals surface area contributed by atoms with E-state index in [2.05, 4.69) is 22.5 Å². The van der Waals surface area contributed by atoms with Gasteiger partial charge in [0.2, 0.25) is 0 Å². The van der Waals surface area contributed by atoms with E-state index in [4.69, 9.17) is 9.47 Å². The quantitative estimate of drug-likeness (QED) is 0.212. The summed E-state index contributed by atoms with van der Waals surface area (Å²) in [5, 5.41) is 6.73. The zero-order chi connectivity index (χ0) is 18.8. The number of benzene rings is 1. The number of hydrogen-bond acceptors (Lipinski definition) is 3. The Morgan fingerprint density at radius 3 is 2.67 bits per heavy atom. The maximum atomic E-state index is 13.3. The molecule has 7 heteroatoms. The second kappa shape index (κ2) is 12.4. The van der Waals surface area contributed by atoms with Gasteiger partial charge in [-0.05, 0) is 50.2 Å². The van der Waals surface area contributed by atoms with E-state index in [1.165, 1.54) is 25.0 Å². The molecule has 154 valence electrons. The van der Waals surface area contributed by atoms with Gasteiger partial charge in [-0.3, -0.25) is 4.99 Å². The standard InChI is InChI=1S/C20H32FN3O2.HI/c1-4-17(26-18-8-6-7-16(21)13-18)14-23-19(22-3)24-15-20(9-10-20)11-12-25-5-2;/h6-8,13,17H,4-5,9-12,14-15H2,1-3H3,(H2,22,23,24);1H. The Hall–Kier alpha value is -1.09. The van der Waals surface area contributed by atoms with Crippen molar-refractivity contribution >= 4 is 29.9 Å². The van der Waals surface area contributed by atoms with Crippen molar-refractivity contribution in [1.82, 2.24) is 10.6 Å². The zero-order valence-electron chi connectivity index (χ0n) is 16.6. The molecule has 0 heterocycles. The first kappa shape index (κ1) is 23.9. The number of guanidine groups is 1. The molecule has 0 amide bonds. The van der Waals surface area contributed by atoms with Crippen molar-refractivity contribution in [2.45, 2.75) is 45.6 Å². The summed E-state index contributed by atoms with van der Waals surface area (Å²) in [5.74, 6) is 1.04. The second-order valence-electron chi connectivity index (χ2n) is 6.86. The Balaban J connectivity index is 0.00000364. The molecule has 1 unspecified atom stereocenters. The summed E-state index contributed by atoms with van der Waals surface area (Å²) >= 11 is 0. The number of hydrogen-bond donors (Lipinski definition) is 2. The number of aliphatic imine (C=N–C) groups is 1. The predicted octanol–water partition coefficient (Wildman–Crippen LogP) is 3.97. The first-order chi connectivity index (χ1) is 12.6. The van der Waals surface area contributed by atoms with Gasteiger partial charge in [0.1, 0.15) is 17.7 Å². The zero-order valence-corrected chi connectivity index (χ0v) is 18.9. The summed E-state index contributed by atoms with van der Waals surface area (Å²) in [6.45, 7) is 7.19. The van der Waals surface area contributed by atoms with Crippen molar-refractivity contribution in [1.29, 1.82) is 0 Å². The fourth-order valence-electron chi connectivity index (χ4n) is 2.83. The molecule has 1 aromatic carbocycles. The van der Waals surface area contributed by atoms with E-state index in [1.54, 1.807) is 19.2 Å².